The number of methoxy groups -OCH3 is 1. The fourth-order valence-corrected chi connectivity index (χ4v) is 2.30. The van der Waals surface area contributed by atoms with Gasteiger partial charge >= 0.3 is 0 Å². The standard InChI is InChI=1S/C16H19ClN2O/c1-20-11-12-4-2-3-5-15(12)16(10-18)19-14-8-6-13(17)7-9-14/h2-9,16,19H,10-11,18H2,1H3. The van der Waals surface area contributed by atoms with E-state index in [1.54, 1.807) is 7.11 Å². The Hall–Kier alpha value is -1.55. The number of ether oxygens (including phenoxy) is 1. The molecule has 0 amide bonds. The third-order valence-corrected chi connectivity index (χ3v) is 3.40. The maximum Gasteiger partial charge on any atom is 0.0716 e. The lowest BCUT2D eigenvalue weighted by Gasteiger charge is -2.21. The summed E-state index contributed by atoms with van der Waals surface area (Å²) in [5, 5.41) is 4.15. The summed E-state index contributed by atoms with van der Waals surface area (Å²) < 4.78 is 5.24. The Morgan fingerprint density at radius 3 is 2.50 bits per heavy atom. The van der Waals surface area contributed by atoms with Gasteiger partial charge in [-0.1, -0.05) is 35.9 Å². The maximum atomic E-state index is 5.92. The molecule has 0 aliphatic rings. The van der Waals surface area contributed by atoms with Gasteiger partial charge in [0.1, 0.15) is 0 Å². The molecule has 3 nitrogen and oxygen atoms in total. The van der Waals surface area contributed by atoms with Crippen LogP contribution >= 0.6 is 11.6 Å². The van der Waals surface area contributed by atoms with Gasteiger partial charge in [-0.25, -0.2) is 0 Å². The van der Waals surface area contributed by atoms with Crippen LogP contribution in [0.5, 0.6) is 0 Å². The van der Waals surface area contributed by atoms with E-state index in [9.17, 15) is 0 Å². The topological polar surface area (TPSA) is 47.3 Å². The van der Waals surface area contributed by atoms with Crippen molar-refractivity contribution in [1.29, 1.82) is 0 Å². The number of rotatable bonds is 6. The van der Waals surface area contributed by atoms with Crippen molar-refractivity contribution >= 4 is 17.3 Å². The largest absolute Gasteiger partial charge is 0.380 e. The quantitative estimate of drug-likeness (QED) is 0.854. The molecule has 0 aliphatic heterocycles. The number of hydrogen-bond donors (Lipinski definition) is 2. The summed E-state index contributed by atoms with van der Waals surface area (Å²) in [6, 6.07) is 15.8. The lowest BCUT2D eigenvalue weighted by atomic mass is 10.0. The molecular weight excluding hydrogens is 272 g/mol. The second-order valence-electron chi connectivity index (χ2n) is 4.57. The van der Waals surface area contributed by atoms with E-state index in [4.69, 9.17) is 22.1 Å². The van der Waals surface area contributed by atoms with Crippen LogP contribution in [0.25, 0.3) is 0 Å². The van der Waals surface area contributed by atoms with Crippen LogP contribution in [0.4, 0.5) is 5.69 Å². The van der Waals surface area contributed by atoms with Crippen LogP contribution in [0.2, 0.25) is 5.02 Å². The number of nitrogens with two attached hydrogens (primary N) is 1. The Labute approximate surface area is 124 Å². The summed E-state index contributed by atoms with van der Waals surface area (Å²) in [7, 11) is 1.70. The first kappa shape index (κ1) is 14.9. The zero-order valence-electron chi connectivity index (χ0n) is 11.5. The van der Waals surface area contributed by atoms with Gasteiger partial charge in [-0.05, 0) is 35.4 Å². The van der Waals surface area contributed by atoms with Crippen LogP contribution in [-0.2, 0) is 11.3 Å². The molecule has 0 aliphatic carbocycles. The van der Waals surface area contributed by atoms with E-state index in [0.717, 1.165) is 21.8 Å². The predicted molar refractivity (Wildman–Crippen MR) is 84.0 cm³/mol. The van der Waals surface area contributed by atoms with Gasteiger partial charge in [-0.3, -0.25) is 0 Å². The maximum absolute atomic E-state index is 5.92. The second-order valence-corrected chi connectivity index (χ2v) is 5.01. The molecule has 106 valence electrons. The van der Waals surface area contributed by atoms with E-state index in [2.05, 4.69) is 17.4 Å². The molecule has 0 radical (unpaired) electrons. The summed E-state index contributed by atoms with van der Waals surface area (Å²) in [5.74, 6) is 0. The van der Waals surface area contributed by atoms with Crippen molar-refractivity contribution in [3.63, 3.8) is 0 Å². The molecule has 0 saturated heterocycles. The lowest BCUT2D eigenvalue weighted by Crippen LogP contribution is -2.22. The fraction of sp³-hybridized carbons (Fsp3) is 0.250. The van der Waals surface area contributed by atoms with Crippen molar-refractivity contribution in [2.45, 2.75) is 12.6 Å². The number of benzene rings is 2. The van der Waals surface area contributed by atoms with Crippen LogP contribution in [0.15, 0.2) is 48.5 Å². The SMILES string of the molecule is COCc1ccccc1C(CN)Nc1ccc(Cl)cc1. The van der Waals surface area contributed by atoms with Gasteiger partial charge in [-0.15, -0.1) is 0 Å². The van der Waals surface area contributed by atoms with Gasteiger partial charge in [-0.2, -0.15) is 0 Å². The summed E-state index contributed by atoms with van der Waals surface area (Å²) in [4.78, 5) is 0. The lowest BCUT2D eigenvalue weighted by molar-refractivity contribution is 0.184. The molecule has 2 aromatic rings. The van der Waals surface area contributed by atoms with Gasteiger partial charge < -0.3 is 15.8 Å². The third-order valence-electron chi connectivity index (χ3n) is 3.15. The molecule has 2 rings (SSSR count). The van der Waals surface area contributed by atoms with Gasteiger partial charge in [0.25, 0.3) is 0 Å². The van der Waals surface area contributed by atoms with Gasteiger partial charge in [0.2, 0.25) is 0 Å². The molecule has 0 spiro atoms. The van der Waals surface area contributed by atoms with Crippen molar-refractivity contribution in [2.24, 2.45) is 5.73 Å². The monoisotopic (exact) mass is 290 g/mol. The van der Waals surface area contributed by atoms with E-state index in [0.29, 0.717) is 13.2 Å². The fourth-order valence-electron chi connectivity index (χ4n) is 2.17. The number of anilines is 1. The minimum Gasteiger partial charge on any atom is -0.380 e. The molecule has 0 saturated carbocycles. The average Bonchev–Trinajstić information content (AvgIpc) is 2.48. The van der Waals surface area contributed by atoms with Crippen LogP contribution in [0.3, 0.4) is 0 Å². The minimum atomic E-state index is 0.0440. The molecule has 0 aromatic heterocycles. The van der Waals surface area contributed by atoms with E-state index in [-0.39, 0.29) is 6.04 Å². The van der Waals surface area contributed by atoms with Crippen molar-refractivity contribution < 1.29 is 4.74 Å². The van der Waals surface area contributed by atoms with Crippen LogP contribution in [0.1, 0.15) is 17.2 Å². The highest BCUT2D eigenvalue weighted by Gasteiger charge is 2.13. The van der Waals surface area contributed by atoms with Gasteiger partial charge in [0, 0.05) is 24.4 Å². The molecule has 1 unspecified atom stereocenters. The summed E-state index contributed by atoms with van der Waals surface area (Å²) in [6.07, 6.45) is 0. The molecular formula is C16H19ClN2O. The van der Waals surface area contributed by atoms with Gasteiger partial charge in [0.15, 0.2) is 0 Å². The molecule has 0 bridgehead atoms. The summed E-state index contributed by atoms with van der Waals surface area (Å²) >= 11 is 5.90. The first-order chi connectivity index (χ1) is 9.74. The normalized spacial score (nSPS) is 12.2. The Bertz CT molecular complexity index is 542. The highest BCUT2D eigenvalue weighted by Crippen LogP contribution is 2.23. The van der Waals surface area contributed by atoms with Crippen LogP contribution in [-0.4, -0.2) is 13.7 Å². The molecule has 2 aromatic carbocycles. The van der Waals surface area contributed by atoms with Gasteiger partial charge in [0.05, 0.1) is 12.6 Å². The Morgan fingerprint density at radius 1 is 1.15 bits per heavy atom. The Kier molecular flexibility index (Phi) is 5.41. The smallest absolute Gasteiger partial charge is 0.0716 e. The number of hydrogen-bond acceptors (Lipinski definition) is 3. The van der Waals surface area contributed by atoms with E-state index in [1.807, 2.05) is 36.4 Å². The molecule has 4 heteroatoms. The van der Waals surface area contributed by atoms with Crippen molar-refractivity contribution in [2.75, 3.05) is 19.0 Å². The van der Waals surface area contributed by atoms with Crippen LogP contribution in [0, 0.1) is 0 Å². The third kappa shape index (κ3) is 3.73. The van der Waals surface area contributed by atoms with Crippen molar-refractivity contribution in [3.8, 4) is 0 Å². The minimum absolute atomic E-state index is 0.0440. The number of nitrogens with one attached hydrogen (secondary N) is 1. The van der Waals surface area contributed by atoms with E-state index >= 15 is 0 Å². The first-order valence-electron chi connectivity index (χ1n) is 6.53. The van der Waals surface area contributed by atoms with Crippen molar-refractivity contribution in [1.82, 2.24) is 0 Å². The molecule has 0 heterocycles. The van der Waals surface area contributed by atoms with Crippen molar-refractivity contribution in [3.05, 3.63) is 64.7 Å². The molecule has 0 fully saturated rings. The Morgan fingerprint density at radius 2 is 1.85 bits per heavy atom. The molecule has 1 atom stereocenters. The predicted octanol–water partition coefficient (Wildman–Crippen LogP) is 3.60. The van der Waals surface area contributed by atoms with E-state index < -0.39 is 0 Å². The second kappa shape index (κ2) is 7.29. The van der Waals surface area contributed by atoms with Crippen LogP contribution < -0.4 is 11.1 Å². The molecule has 3 N–H and O–H groups in total. The first-order valence-corrected chi connectivity index (χ1v) is 6.91. The molecule has 20 heavy (non-hydrogen) atoms. The highest BCUT2D eigenvalue weighted by atomic mass is 35.5. The Balaban J connectivity index is 2.21. The summed E-state index contributed by atoms with van der Waals surface area (Å²) in [6.45, 7) is 1.08. The zero-order valence-corrected chi connectivity index (χ0v) is 12.2. The number of halogens is 1. The zero-order chi connectivity index (χ0) is 14.4. The highest BCUT2D eigenvalue weighted by molar-refractivity contribution is 6.30. The van der Waals surface area contributed by atoms with E-state index in [1.165, 1.54) is 0 Å². The average molecular weight is 291 g/mol. The summed E-state index contributed by atoms with van der Waals surface area (Å²) in [5.41, 5.74) is 9.22.